The number of hydrogen-bond donors (Lipinski definition) is 3. The normalized spacial score (nSPS) is 15.7. The molecule has 0 bridgehead atoms. The van der Waals surface area contributed by atoms with Gasteiger partial charge in [-0.1, -0.05) is 24.3 Å². The van der Waals surface area contributed by atoms with Crippen molar-refractivity contribution in [1.82, 2.24) is 15.8 Å². The van der Waals surface area contributed by atoms with Crippen LogP contribution in [0.25, 0.3) is 0 Å². The second kappa shape index (κ2) is 9.50. The van der Waals surface area contributed by atoms with Crippen molar-refractivity contribution in [2.75, 3.05) is 18.4 Å². The second-order valence-electron chi connectivity index (χ2n) is 6.83. The van der Waals surface area contributed by atoms with E-state index in [1.165, 1.54) is 18.2 Å². The molecule has 0 radical (unpaired) electrons. The zero-order valence-electron chi connectivity index (χ0n) is 16.0. The van der Waals surface area contributed by atoms with Gasteiger partial charge in [0.05, 0.1) is 10.8 Å². The molecule has 1 fully saturated rings. The lowest BCUT2D eigenvalue weighted by atomic mass is 9.98. The molecule has 30 heavy (non-hydrogen) atoms. The Morgan fingerprint density at radius 2 is 1.80 bits per heavy atom. The van der Waals surface area contributed by atoms with Gasteiger partial charge in [-0.05, 0) is 31.0 Å². The highest BCUT2D eigenvalue weighted by molar-refractivity contribution is 5.96. The lowest BCUT2D eigenvalue weighted by molar-refractivity contribution is -0.384. The Hall–Kier alpha value is -3.95. The van der Waals surface area contributed by atoms with Crippen LogP contribution in [0.1, 0.15) is 23.2 Å². The number of benzene rings is 2. The Balaban J connectivity index is 1.52. The second-order valence-corrected chi connectivity index (χ2v) is 6.83. The van der Waals surface area contributed by atoms with E-state index in [1.807, 2.05) is 18.2 Å². The summed E-state index contributed by atoms with van der Waals surface area (Å²) < 4.78 is 0. The fraction of sp³-hybridized carbons (Fsp3) is 0.250. The number of nitrogens with zero attached hydrogens (tertiary/aromatic N) is 2. The first-order valence-electron chi connectivity index (χ1n) is 9.39. The third-order valence-electron chi connectivity index (χ3n) is 4.72. The minimum atomic E-state index is -0.665. The smallest absolute Gasteiger partial charge is 0.321 e. The summed E-state index contributed by atoms with van der Waals surface area (Å²) in [5.41, 5.74) is 5.10. The Bertz CT molecular complexity index is 950. The van der Waals surface area contributed by atoms with Gasteiger partial charge in [-0.25, -0.2) is 4.79 Å². The van der Waals surface area contributed by atoms with Crippen LogP contribution in [0.5, 0.6) is 0 Å². The molecular formula is C20H21N5O5. The molecule has 1 aliphatic heterocycles. The first kappa shape index (κ1) is 20.8. The molecule has 1 atom stereocenters. The molecule has 10 heteroatoms. The number of likely N-dealkylation sites (tertiary alicyclic amines) is 1. The largest absolute Gasteiger partial charge is 0.324 e. The molecule has 3 N–H and O–H groups in total. The maximum absolute atomic E-state index is 12.4. The summed E-state index contributed by atoms with van der Waals surface area (Å²) in [4.78, 5) is 48.8. The Labute approximate surface area is 172 Å². The highest BCUT2D eigenvalue weighted by Crippen LogP contribution is 2.18. The standard InChI is InChI=1S/C20H21N5O5/c26-18(14-6-4-10-17(12-14)25(29)30)22-23-19(27)15-7-5-11-24(13-15)20(28)21-16-8-2-1-3-9-16/h1-4,6,8-10,12,15H,5,7,11,13H2,(H,21,28)(H,22,26)(H,23,27)/t15-/m1/s1. The Kier molecular flexibility index (Phi) is 6.58. The molecule has 10 nitrogen and oxygen atoms in total. The van der Waals surface area contributed by atoms with Crippen molar-refractivity contribution in [3.8, 4) is 0 Å². The van der Waals surface area contributed by atoms with Crippen LogP contribution in [0.2, 0.25) is 0 Å². The number of nitro benzene ring substituents is 1. The van der Waals surface area contributed by atoms with Gasteiger partial charge in [0.15, 0.2) is 0 Å². The predicted molar refractivity (Wildman–Crippen MR) is 108 cm³/mol. The van der Waals surface area contributed by atoms with E-state index in [1.54, 1.807) is 17.0 Å². The predicted octanol–water partition coefficient (Wildman–Crippen LogP) is 2.30. The van der Waals surface area contributed by atoms with Crippen LogP contribution < -0.4 is 16.2 Å². The van der Waals surface area contributed by atoms with E-state index < -0.39 is 22.7 Å². The van der Waals surface area contributed by atoms with Gasteiger partial charge in [0, 0.05) is 36.5 Å². The van der Waals surface area contributed by atoms with Gasteiger partial charge in [0.1, 0.15) is 0 Å². The average molecular weight is 411 g/mol. The van der Waals surface area contributed by atoms with E-state index in [4.69, 9.17) is 0 Å². The van der Waals surface area contributed by atoms with E-state index in [0.29, 0.717) is 25.1 Å². The van der Waals surface area contributed by atoms with Gasteiger partial charge in [-0.3, -0.25) is 30.6 Å². The van der Waals surface area contributed by atoms with E-state index in [-0.39, 0.29) is 23.8 Å². The minimum absolute atomic E-state index is 0.0528. The molecule has 0 saturated carbocycles. The molecule has 1 heterocycles. The number of amides is 4. The fourth-order valence-electron chi connectivity index (χ4n) is 3.15. The number of rotatable bonds is 4. The van der Waals surface area contributed by atoms with E-state index in [2.05, 4.69) is 16.2 Å². The number of anilines is 1. The van der Waals surface area contributed by atoms with Crippen LogP contribution in [0.4, 0.5) is 16.2 Å². The van der Waals surface area contributed by atoms with Crippen molar-refractivity contribution in [3.05, 3.63) is 70.3 Å². The summed E-state index contributed by atoms with van der Waals surface area (Å²) in [6, 6.07) is 13.9. The molecule has 2 aromatic rings. The van der Waals surface area contributed by atoms with Crippen molar-refractivity contribution in [2.45, 2.75) is 12.8 Å². The van der Waals surface area contributed by atoms with Crippen LogP contribution in [0.15, 0.2) is 54.6 Å². The van der Waals surface area contributed by atoms with E-state index in [9.17, 15) is 24.5 Å². The fourth-order valence-corrected chi connectivity index (χ4v) is 3.15. The van der Waals surface area contributed by atoms with E-state index >= 15 is 0 Å². The van der Waals surface area contributed by atoms with Crippen molar-refractivity contribution in [3.63, 3.8) is 0 Å². The number of nitro groups is 1. The summed E-state index contributed by atoms with van der Waals surface area (Å²) in [6.45, 7) is 0.750. The van der Waals surface area contributed by atoms with Crippen LogP contribution in [0, 0.1) is 16.0 Å². The Morgan fingerprint density at radius 1 is 1.03 bits per heavy atom. The number of hydrazine groups is 1. The summed E-state index contributed by atoms with van der Waals surface area (Å²) in [5.74, 6) is -1.57. The van der Waals surface area contributed by atoms with Crippen molar-refractivity contribution < 1.29 is 19.3 Å². The van der Waals surface area contributed by atoms with Crippen molar-refractivity contribution >= 4 is 29.2 Å². The number of urea groups is 1. The minimum Gasteiger partial charge on any atom is -0.324 e. The number of para-hydroxylation sites is 1. The van der Waals surface area contributed by atoms with Gasteiger partial charge in [-0.15, -0.1) is 0 Å². The molecule has 3 rings (SSSR count). The summed E-state index contributed by atoms with van der Waals surface area (Å²) >= 11 is 0. The number of carbonyl (C=O) groups excluding carboxylic acids is 3. The number of non-ortho nitro benzene ring substituents is 1. The zero-order valence-corrected chi connectivity index (χ0v) is 16.0. The highest BCUT2D eigenvalue weighted by Gasteiger charge is 2.28. The van der Waals surface area contributed by atoms with Crippen LogP contribution in [-0.4, -0.2) is 40.8 Å². The zero-order chi connectivity index (χ0) is 21.5. The number of piperidine rings is 1. The third-order valence-corrected chi connectivity index (χ3v) is 4.72. The highest BCUT2D eigenvalue weighted by atomic mass is 16.6. The molecule has 4 amide bonds. The van der Waals surface area contributed by atoms with E-state index in [0.717, 1.165) is 6.07 Å². The summed E-state index contributed by atoms with van der Waals surface area (Å²) in [7, 11) is 0. The van der Waals surface area contributed by atoms with Gasteiger partial charge in [-0.2, -0.15) is 0 Å². The third kappa shape index (κ3) is 5.31. The molecule has 2 aromatic carbocycles. The summed E-state index contributed by atoms with van der Waals surface area (Å²) in [5, 5.41) is 13.6. The monoisotopic (exact) mass is 411 g/mol. The number of carbonyl (C=O) groups is 3. The quantitative estimate of drug-likeness (QED) is 0.524. The molecular weight excluding hydrogens is 390 g/mol. The maximum Gasteiger partial charge on any atom is 0.321 e. The Morgan fingerprint density at radius 3 is 2.53 bits per heavy atom. The average Bonchev–Trinajstić information content (AvgIpc) is 2.78. The van der Waals surface area contributed by atoms with Gasteiger partial charge in [0.25, 0.3) is 11.6 Å². The van der Waals surface area contributed by atoms with Crippen LogP contribution in [-0.2, 0) is 4.79 Å². The molecule has 156 valence electrons. The summed E-state index contributed by atoms with van der Waals surface area (Å²) in [6.07, 6.45) is 1.23. The number of hydrogen-bond acceptors (Lipinski definition) is 5. The molecule has 0 spiro atoms. The molecule has 1 aliphatic rings. The molecule has 0 unspecified atom stereocenters. The first-order valence-corrected chi connectivity index (χ1v) is 9.39. The van der Waals surface area contributed by atoms with Gasteiger partial charge in [0.2, 0.25) is 5.91 Å². The molecule has 0 aromatic heterocycles. The first-order chi connectivity index (χ1) is 14.4. The lowest BCUT2D eigenvalue weighted by Gasteiger charge is -2.32. The molecule has 1 saturated heterocycles. The van der Waals surface area contributed by atoms with Gasteiger partial charge >= 0.3 is 6.03 Å². The number of nitrogens with one attached hydrogen (secondary N) is 3. The van der Waals surface area contributed by atoms with Crippen LogP contribution in [0.3, 0.4) is 0 Å². The van der Waals surface area contributed by atoms with Crippen molar-refractivity contribution in [1.29, 1.82) is 0 Å². The van der Waals surface area contributed by atoms with Crippen LogP contribution >= 0.6 is 0 Å². The van der Waals surface area contributed by atoms with Crippen molar-refractivity contribution in [2.24, 2.45) is 5.92 Å². The van der Waals surface area contributed by atoms with Gasteiger partial charge < -0.3 is 10.2 Å². The topological polar surface area (TPSA) is 134 Å². The SMILES string of the molecule is O=C(NNC(=O)[C@@H]1CCCN(C(=O)Nc2ccccc2)C1)c1cccc([N+](=O)[O-])c1. The molecule has 0 aliphatic carbocycles. The lowest BCUT2D eigenvalue weighted by Crippen LogP contribution is -2.50. The maximum atomic E-state index is 12.4.